The van der Waals surface area contributed by atoms with Crippen LogP contribution in [0.2, 0.25) is 0 Å². The first-order valence-corrected chi connectivity index (χ1v) is 7.56. The standard InChI is InChI=1S/C16H19N3O5/c1-24-15(20)10-17-16(21)11-7-8-13(14(9-11)19(22)23)18-12-5-3-2-4-6-12/h2-3,7-9,12,18H,4-6,10H2,1H3,(H,17,21). The molecule has 1 atom stereocenters. The van der Waals surface area contributed by atoms with Gasteiger partial charge in [-0.2, -0.15) is 0 Å². The fraction of sp³-hybridized carbons (Fsp3) is 0.375. The Labute approximate surface area is 139 Å². The molecule has 0 bridgehead atoms. The van der Waals surface area contributed by atoms with E-state index in [9.17, 15) is 19.7 Å². The lowest BCUT2D eigenvalue weighted by Crippen LogP contribution is -2.30. The van der Waals surface area contributed by atoms with Crippen LogP contribution in [-0.2, 0) is 9.53 Å². The zero-order valence-electron chi connectivity index (χ0n) is 13.3. The molecular weight excluding hydrogens is 314 g/mol. The van der Waals surface area contributed by atoms with E-state index < -0.39 is 16.8 Å². The Morgan fingerprint density at radius 3 is 2.79 bits per heavy atom. The van der Waals surface area contributed by atoms with Gasteiger partial charge in [-0.15, -0.1) is 0 Å². The second-order valence-electron chi connectivity index (χ2n) is 5.37. The molecule has 128 valence electrons. The minimum Gasteiger partial charge on any atom is -0.468 e. The highest BCUT2D eigenvalue weighted by Crippen LogP contribution is 2.28. The number of hydrogen-bond acceptors (Lipinski definition) is 6. The number of carbonyl (C=O) groups is 2. The maximum absolute atomic E-state index is 12.0. The summed E-state index contributed by atoms with van der Waals surface area (Å²) >= 11 is 0. The van der Waals surface area contributed by atoms with Crippen LogP contribution in [0.25, 0.3) is 0 Å². The highest BCUT2D eigenvalue weighted by atomic mass is 16.6. The number of nitrogens with zero attached hydrogens (tertiary/aromatic N) is 1. The molecule has 0 heterocycles. The Morgan fingerprint density at radius 2 is 2.17 bits per heavy atom. The van der Waals surface area contributed by atoms with Gasteiger partial charge in [0.05, 0.1) is 12.0 Å². The third-order valence-electron chi connectivity index (χ3n) is 3.71. The quantitative estimate of drug-likeness (QED) is 0.357. The van der Waals surface area contributed by atoms with Crippen molar-refractivity contribution in [3.8, 4) is 0 Å². The van der Waals surface area contributed by atoms with Gasteiger partial charge in [-0.25, -0.2) is 0 Å². The number of nitrogens with one attached hydrogen (secondary N) is 2. The van der Waals surface area contributed by atoms with Gasteiger partial charge < -0.3 is 15.4 Å². The molecule has 0 saturated heterocycles. The molecule has 1 amide bonds. The van der Waals surface area contributed by atoms with Gasteiger partial charge >= 0.3 is 5.97 Å². The number of rotatable bonds is 6. The molecule has 24 heavy (non-hydrogen) atoms. The van der Waals surface area contributed by atoms with Crippen molar-refractivity contribution < 1.29 is 19.2 Å². The highest BCUT2D eigenvalue weighted by molar-refractivity contribution is 5.97. The summed E-state index contributed by atoms with van der Waals surface area (Å²) in [6, 6.07) is 4.34. The van der Waals surface area contributed by atoms with Crippen LogP contribution in [0.1, 0.15) is 29.6 Å². The van der Waals surface area contributed by atoms with Crippen molar-refractivity contribution in [3.05, 3.63) is 46.0 Å². The molecule has 1 aliphatic carbocycles. The average molecular weight is 333 g/mol. The van der Waals surface area contributed by atoms with E-state index in [4.69, 9.17) is 0 Å². The Hall–Kier alpha value is -2.90. The largest absolute Gasteiger partial charge is 0.468 e. The normalized spacial score (nSPS) is 16.3. The SMILES string of the molecule is COC(=O)CNC(=O)c1ccc(NC2CC=CCC2)c([N+](=O)[O-])c1. The van der Waals surface area contributed by atoms with Crippen LogP contribution in [0.4, 0.5) is 11.4 Å². The first-order chi connectivity index (χ1) is 11.5. The van der Waals surface area contributed by atoms with E-state index in [0.717, 1.165) is 19.3 Å². The van der Waals surface area contributed by atoms with Gasteiger partial charge in [-0.05, 0) is 31.4 Å². The molecule has 0 aliphatic heterocycles. The summed E-state index contributed by atoms with van der Waals surface area (Å²) in [5, 5.41) is 16.8. The summed E-state index contributed by atoms with van der Waals surface area (Å²) in [6.45, 7) is -0.294. The maximum Gasteiger partial charge on any atom is 0.325 e. The number of amides is 1. The first-order valence-electron chi connectivity index (χ1n) is 7.56. The Kier molecular flexibility index (Phi) is 5.89. The first kappa shape index (κ1) is 17.5. The molecule has 1 unspecified atom stereocenters. The molecule has 0 fully saturated rings. The Morgan fingerprint density at radius 1 is 1.38 bits per heavy atom. The molecular formula is C16H19N3O5. The van der Waals surface area contributed by atoms with E-state index in [1.165, 1.54) is 25.3 Å². The summed E-state index contributed by atoms with van der Waals surface area (Å²) in [5.74, 6) is -1.17. The smallest absolute Gasteiger partial charge is 0.325 e. The van der Waals surface area contributed by atoms with E-state index in [1.807, 2.05) is 6.08 Å². The van der Waals surface area contributed by atoms with Crippen LogP contribution in [0.5, 0.6) is 0 Å². The monoisotopic (exact) mass is 333 g/mol. The lowest BCUT2D eigenvalue weighted by Gasteiger charge is -2.20. The highest BCUT2D eigenvalue weighted by Gasteiger charge is 2.20. The van der Waals surface area contributed by atoms with Crippen LogP contribution in [0, 0.1) is 10.1 Å². The van der Waals surface area contributed by atoms with Gasteiger partial charge in [-0.1, -0.05) is 12.2 Å². The number of ether oxygens (including phenoxy) is 1. The summed E-state index contributed by atoms with van der Waals surface area (Å²) in [5.41, 5.74) is 0.319. The number of hydrogen-bond donors (Lipinski definition) is 2. The number of allylic oxidation sites excluding steroid dienone is 1. The average Bonchev–Trinajstić information content (AvgIpc) is 2.60. The van der Waals surface area contributed by atoms with Gasteiger partial charge in [0, 0.05) is 17.7 Å². The Balaban J connectivity index is 2.13. The van der Waals surface area contributed by atoms with Crippen molar-refractivity contribution in [2.75, 3.05) is 19.0 Å². The van der Waals surface area contributed by atoms with E-state index in [2.05, 4.69) is 21.4 Å². The number of anilines is 1. The van der Waals surface area contributed by atoms with E-state index in [0.29, 0.717) is 5.69 Å². The number of carbonyl (C=O) groups excluding carboxylic acids is 2. The van der Waals surface area contributed by atoms with Crippen molar-refractivity contribution in [3.63, 3.8) is 0 Å². The lowest BCUT2D eigenvalue weighted by molar-refractivity contribution is -0.384. The number of methoxy groups -OCH3 is 1. The van der Waals surface area contributed by atoms with Crippen LogP contribution < -0.4 is 10.6 Å². The molecule has 1 aliphatic rings. The van der Waals surface area contributed by atoms with Gasteiger partial charge in [0.2, 0.25) is 0 Å². The zero-order chi connectivity index (χ0) is 17.5. The molecule has 8 nitrogen and oxygen atoms in total. The van der Waals surface area contributed by atoms with Gasteiger partial charge in [0.25, 0.3) is 11.6 Å². The molecule has 1 aromatic rings. The zero-order valence-corrected chi connectivity index (χ0v) is 13.3. The summed E-state index contributed by atoms with van der Waals surface area (Å²) in [4.78, 5) is 33.8. The van der Waals surface area contributed by atoms with Crippen molar-refractivity contribution in [1.29, 1.82) is 0 Å². The second kappa shape index (κ2) is 8.09. The van der Waals surface area contributed by atoms with Crippen molar-refractivity contribution >= 4 is 23.3 Å². The van der Waals surface area contributed by atoms with Gasteiger partial charge in [-0.3, -0.25) is 19.7 Å². The summed E-state index contributed by atoms with van der Waals surface area (Å²) < 4.78 is 4.42. The molecule has 0 aromatic heterocycles. The summed E-state index contributed by atoms with van der Waals surface area (Å²) in [6.07, 6.45) is 6.76. The van der Waals surface area contributed by atoms with Crippen molar-refractivity contribution in [2.24, 2.45) is 0 Å². The van der Waals surface area contributed by atoms with Crippen molar-refractivity contribution in [1.82, 2.24) is 5.32 Å². The van der Waals surface area contributed by atoms with Crippen molar-refractivity contribution in [2.45, 2.75) is 25.3 Å². The molecule has 1 aromatic carbocycles. The fourth-order valence-corrected chi connectivity index (χ4v) is 2.42. The molecule has 0 spiro atoms. The molecule has 2 rings (SSSR count). The minimum atomic E-state index is -0.596. The number of nitro benzene ring substituents is 1. The maximum atomic E-state index is 12.0. The predicted octanol–water partition coefficient (Wildman–Crippen LogP) is 2.02. The minimum absolute atomic E-state index is 0.111. The van der Waals surface area contributed by atoms with E-state index in [-0.39, 0.29) is 23.8 Å². The summed E-state index contributed by atoms with van der Waals surface area (Å²) in [7, 11) is 1.21. The van der Waals surface area contributed by atoms with Crippen LogP contribution in [0.3, 0.4) is 0 Å². The van der Waals surface area contributed by atoms with Gasteiger partial charge in [0.1, 0.15) is 12.2 Å². The Bertz CT molecular complexity index is 672. The molecule has 0 saturated carbocycles. The molecule has 0 radical (unpaired) electrons. The lowest BCUT2D eigenvalue weighted by atomic mass is 10.0. The molecule has 2 N–H and O–H groups in total. The second-order valence-corrected chi connectivity index (χ2v) is 5.37. The fourth-order valence-electron chi connectivity index (χ4n) is 2.42. The van der Waals surface area contributed by atoms with E-state index >= 15 is 0 Å². The number of nitro groups is 1. The van der Waals surface area contributed by atoms with E-state index in [1.54, 1.807) is 0 Å². The molecule has 8 heteroatoms. The van der Waals surface area contributed by atoms with Crippen LogP contribution in [0.15, 0.2) is 30.4 Å². The predicted molar refractivity (Wildman–Crippen MR) is 87.8 cm³/mol. The number of benzene rings is 1. The van der Waals surface area contributed by atoms with Crippen LogP contribution >= 0.6 is 0 Å². The topological polar surface area (TPSA) is 111 Å². The van der Waals surface area contributed by atoms with Crippen LogP contribution in [-0.4, -0.2) is 36.5 Å². The van der Waals surface area contributed by atoms with Gasteiger partial charge in [0.15, 0.2) is 0 Å². The third kappa shape index (κ3) is 4.55. The third-order valence-corrected chi connectivity index (χ3v) is 3.71. The number of esters is 1.